The number of nitrogens with zero attached hydrogens (tertiary/aromatic N) is 14. The Hall–Kier alpha value is -12.4. The third kappa shape index (κ3) is 18.7. The summed E-state index contributed by atoms with van der Waals surface area (Å²) >= 11 is 0. The van der Waals surface area contributed by atoms with Crippen molar-refractivity contribution in [3.05, 3.63) is 411 Å². The molecule has 27 aromatic rings. The van der Waals surface area contributed by atoms with Crippen molar-refractivity contribution in [2.24, 2.45) is 0 Å². The Bertz CT molecular complexity index is 9270. The second-order valence-corrected chi connectivity index (χ2v) is 37.2. The smallest absolute Gasteiger partial charge is 0.188 e. The quantitative estimate of drug-likeness (QED) is 0.119. The molecule has 20 heteroatoms. The van der Waals surface area contributed by atoms with Crippen molar-refractivity contribution in [1.82, 2.24) is 66.3 Å². The van der Waals surface area contributed by atoms with Crippen molar-refractivity contribution in [3.63, 3.8) is 0 Å². The summed E-state index contributed by atoms with van der Waals surface area (Å²) in [6.07, 6.45) is 22.8. The molecular formula is C121H96Ir6N14-6. The van der Waals surface area contributed by atoms with E-state index in [1.165, 1.54) is 142 Å². The zero-order chi connectivity index (χ0) is 92.0. The fourth-order valence-electron chi connectivity index (χ4n) is 19.4. The van der Waals surface area contributed by atoms with Crippen molar-refractivity contribution in [2.75, 3.05) is 0 Å². The Labute approximate surface area is 898 Å². The summed E-state index contributed by atoms with van der Waals surface area (Å²) in [7, 11) is 0. The first-order valence-corrected chi connectivity index (χ1v) is 46.3. The Morgan fingerprint density at radius 2 is 0.574 bits per heavy atom. The van der Waals surface area contributed by atoms with Crippen LogP contribution in [-0.4, -0.2) is 66.3 Å². The summed E-state index contributed by atoms with van der Waals surface area (Å²) in [6.45, 7) is 26.7. The first-order valence-electron chi connectivity index (χ1n) is 46.3. The molecule has 27 rings (SSSR count). The molecule has 14 nitrogen and oxygen atoms in total. The van der Waals surface area contributed by atoms with Gasteiger partial charge < -0.3 is 26.4 Å². The number of fused-ring (bicyclic) bond motifs is 38. The normalized spacial score (nSPS) is 11.5. The van der Waals surface area contributed by atoms with Gasteiger partial charge in [0.25, 0.3) is 0 Å². The molecule has 0 aliphatic rings. The molecule has 0 spiro atoms. The van der Waals surface area contributed by atoms with Crippen LogP contribution in [0.2, 0.25) is 0 Å². The number of hydrogen-bond acceptors (Lipinski definition) is 8. The van der Waals surface area contributed by atoms with E-state index < -0.39 is 0 Å². The van der Waals surface area contributed by atoms with E-state index in [0.717, 1.165) is 82.8 Å². The van der Waals surface area contributed by atoms with E-state index in [1.807, 2.05) is 135 Å². The topological polar surface area (TPSA) is 130 Å². The maximum atomic E-state index is 4.71. The van der Waals surface area contributed by atoms with Crippen LogP contribution >= 0.6 is 0 Å². The summed E-state index contributed by atoms with van der Waals surface area (Å²) in [5.74, 6) is 2.10. The number of pyridine rings is 6. The molecule has 0 bridgehead atoms. The van der Waals surface area contributed by atoms with Gasteiger partial charge in [-0.15, -0.1) is 178 Å². The van der Waals surface area contributed by atoms with E-state index in [1.54, 1.807) is 12.4 Å². The van der Waals surface area contributed by atoms with E-state index >= 15 is 0 Å². The molecule has 0 unspecified atom stereocenters. The molecule has 0 atom stereocenters. The first kappa shape index (κ1) is 102. The van der Waals surface area contributed by atoms with Crippen LogP contribution in [0.5, 0.6) is 0 Å². The molecule has 0 N–H and O–H groups in total. The predicted molar refractivity (Wildman–Crippen MR) is 558 cm³/mol. The zero-order valence-electron chi connectivity index (χ0n) is 79.4. The summed E-state index contributed by atoms with van der Waals surface area (Å²) in [5.41, 5.74) is 27.3. The number of imidazole rings is 6. The van der Waals surface area contributed by atoms with E-state index in [2.05, 4.69) is 375 Å². The number of aryl methyl sites for hydroxylation is 1. The molecule has 0 aliphatic carbocycles. The molecular weight excluding hydrogens is 2800 g/mol. The van der Waals surface area contributed by atoms with Gasteiger partial charge in [-0.3, -0.25) is 29.9 Å². The van der Waals surface area contributed by atoms with Gasteiger partial charge in [0.15, 0.2) is 11.3 Å². The van der Waals surface area contributed by atoms with Gasteiger partial charge in [0.05, 0.1) is 33.9 Å². The third-order valence-corrected chi connectivity index (χ3v) is 26.5. The van der Waals surface area contributed by atoms with Gasteiger partial charge in [0.2, 0.25) is 0 Å². The Morgan fingerprint density at radius 1 is 0.255 bits per heavy atom. The van der Waals surface area contributed by atoms with Gasteiger partial charge in [0, 0.05) is 234 Å². The van der Waals surface area contributed by atoms with E-state index in [4.69, 9.17) is 4.98 Å². The van der Waals surface area contributed by atoms with Gasteiger partial charge >= 0.3 is 0 Å². The van der Waals surface area contributed by atoms with Gasteiger partial charge in [-0.2, -0.15) is 0 Å². The van der Waals surface area contributed by atoms with Crippen LogP contribution in [0.3, 0.4) is 0 Å². The van der Waals surface area contributed by atoms with Crippen LogP contribution in [0.4, 0.5) is 0 Å². The molecule has 0 saturated carbocycles. The molecule has 0 amide bonds. The second kappa shape index (κ2) is 42.4. The van der Waals surface area contributed by atoms with Crippen LogP contribution in [0.15, 0.2) is 341 Å². The monoisotopic (exact) mass is 2900 g/mol. The minimum absolute atomic E-state index is 0. The van der Waals surface area contributed by atoms with Crippen LogP contribution in [0.25, 0.3) is 197 Å². The summed E-state index contributed by atoms with van der Waals surface area (Å²) < 4.78 is 12.9. The van der Waals surface area contributed by atoms with Crippen LogP contribution < -0.4 is 0 Å². The van der Waals surface area contributed by atoms with Crippen molar-refractivity contribution < 1.29 is 121 Å². The van der Waals surface area contributed by atoms with Gasteiger partial charge in [0.1, 0.15) is 0 Å². The Balaban J connectivity index is 0.000000121. The number of hydrogen-bond donors (Lipinski definition) is 0. The van der Waals surface area contributed by atoms with Crippen molar-refractivity contribution in [2.45, 2.75) is 112 Å². The molecule has 0 saturated heterocycles. The largest absolute Gasteiger partial charge is 0.340 e. The average molecular weight is 2900 g/mol. The summed E-state index contributed by atoms with van der Waals surface area (Å²) in [6, 6.07) is 115. The molecule has 141 heavy (non-hydrogen) atoms. The van der Waals surface area contributed by atoms with Crippen molar-refractivity contribution in [3.8, 4) is 22.3 Å². The molecule has 6 radical (unpaired) electrons. The van der Waals surface area contributed by atoms with E-state index in [9.17, 15) is 0 Å². The average Bonchev–Trinajstić information content (AvgIpc) is 1.55. The maximum Gasteiger partial charge on any atom is 0.188 e. The first-order chi connectivity index (χ1) is 65.8. The number of rotatable bonds is 6. The molecule has 14 aromatic carbocycles. The molecule has 0 fully saturated rings. The Kier molecular flexibility index (Phi) is 30.5. The van der Waals surface area contributed by atoms with Crippen molar-refractivity contribution in [1.29, 1.82) is 0 Å². The van der Waals surface area contributed by atoms with Crippen LogP contribution in [0, 0.1) is 43.3 Å². The summed E-state index contributed by atoms with van der Waals surface area (Å²) in [4.78, 5) is 36.2. The summed E-state index contributed by atoms with van der Waals surface area (Å²) in [5, 5.41) is 21.1. The third-order valence-electron chi connectivity index (χ3n) is 26.5. The number of benzene rings is 14. The molecule has 710 valence electrons. The minimum atomic E-state index is 0. The minimum Gasteiger partial charge on any atom is -0.340 e. The van der Waals surface area contributed by atoms with E-state index in [-0.39, 0.29) is 126 Å². The molecule has 13 aromatic heterocycles. The van der Waals surface area contributed by atoms with Crippen LogP contribution in [-0.2, 0) is 126 Å². The number of para-hydroxylation sites is 1. The fourth-order valence-corrected chi connectivity index (χ4v) is 19.4. The molecule has 0 aliphatic heterocycles. The number of aromatic nitrogens is 14. The second-order valence-electron chi connectivity index (χ2n) is 37.2. The SMILES string of the molecule is CC(C)(C)c1ccc2c(c1)c1ccc[c-]c1c1nccn21.CC(C)c1ccc(-c2ccc3c(c2)c2ccc[c-]c2c2nccn32)cc1.CC(C)c1ccc(-c2cccc3c4ccc[c-]c4c4nccn4c23)cc1.CC(C)c1ccc2c(c1)c1ccc[c-]c1c1nc3nccnc3n21.CC(C)c1ccc2c(c1)c1ccc[c-]c1c1nccn21.Cc1ccc2c(c1)c1ccc[c-]c1c1nccn21.[Ir].[Ir].[Ir].[Ir].[Ir].[Ir]. The van der Waals surface area contributed by atoms with Gasteiger partial charge in [-0.25, -0.2) is 9.97 Å². The van der Waals surface area contributed by atoms with E-state index in [0.29, 0.717) is 29.3 Å². The predicted octanol–water partition coefficient (Wildman–Crippen LogP) is 30.0. The maximum absolute atomic E-state index is 4.71. The van der Waals surface area contributed by atoms with Crippen molar-refractivity contribution >= 4 is 175 Å². The van der Waals surface area contributed by atoms with Gasteiger partial charge in [-0.05, 0) is 143 Å². The fraction of sp³-hybridized carbons (Fsp3) is 0.140. The molecule has 13 heterocycles. The zero-order valence-corrected chi connectivity index (χ0v) is 93.8. The van der Waals surface area contributed by atoms with Crippen LogP contribution in [0.1, 0.15) is 133 Å². The standard InChI is InChI=1S/2C24H19N2.C20H15N4.C19H17N2.C18H15N2.C16H11N2.6Ir/c1-16(2)17-10-12-18(13-11-17)19-8-5-9-21-20-6-3-4-7-22(20)24-25-14-15-26(24)23(19)21;1-16(2)17-7-9-18(10-8-17)19-11-12-23-22(15-19)20-5-3-4-6-21(20)24-25-13-14-26(23)24;1-12(2)13-7-8-17-16(11-13)14-5-3-4-6-15(14)19-23-18-20(24(17)19)22-10-9-21-18;1-19(2,3)13-8-9-17-16(12-13)14-6-4-5-7-15(14)18-20-10-11-21(17)18;1-12(2)13-7-8-17-16(11-13)14-5-3-4-6-15(14)18-19-9-10-20(17)18;1-11-6-7-15-14(10-11)12-4-2-3-5-13(12)16-17-8-9-18(15)16;;;;;;/h3-6,8-16H,1-2H3;3-5,7-16H,1-2H3;3-5,7-12H,1-2H3;4-6,8-12H,1-3H3;3-5,7-12H,1-2H3;2-4,6-10H,1H3;;;;;;/q6*-1;;;;;;. The van der Waals surface area contributed by atoms with Gasteiger partial charge in [-0.1, -0.05) is 241 Å². The Morgan fingerprint density at radius 3 is 1.01 bits per heavy atom.